The molecule has 0 aromatic heterocycles. The van der Waals surface area contributed by atoms with Gasteiger partial charge >= 0.3 is 0 Å². The quantitative estimate of drug-likeness (QED) is 0.361. The Balaban J connectivity index is 1.24. The lowest BCUT2D eigenvalue weighted by atomic mass is 9.99. The molecule has 0 saturated heterocycles. The lowest BCUT2D eigenvalue weighted by molar-refractivity contribution is -0.114. The fourth-order valence-electron chi connectivity index (χ4n) is 4.90. The fourth-order valence-corrected chi connectivity index (χ4v) is 4.90. The van der Waals surface area contributed by atoms with Crippen molar-refractivity contribution in [2.45, 2.75) is 39.7 Å². The molecule has 0 aliphatic carbocycles. The van der Waals surface area contributed by atoms with Crippen molar-refractivity contribution < 1.29 is 18.7 Å². The highest BCUT2D eigenvalue weighted by Gasteiger charge is 2.34. The second-order valence-electron chi connectivity index (χ2n) is 9.79. The molecule has 7 heteroatoms. The van der Waals surface area contributed by atoms with Crippen LogP contribution in [0.15, 0.2) is 77.5 Å². The molecule has 3 aromatic rings. The Labute approximate surface area is 222 Å². The number of hydrogen-bond donors (Lipinski definition) is 0. The van der Waals surface area contributed by atoms with Crippen LogP contribution in [0.2, 0.25) is 0 Å². The van der Waals surface area contributed by atoms with Crippen molar-refractivity contribution in [3.05, 3.63) is 106 Å². The molecule has 0 spiro atoms. The van der Waals surface area contributed by atoms with Gasteiger partial charge in [-0.3, -0.25) is 9.59 Å². The van der Waals surface area contributed by atoms with E-state index in [9.17, 15) is 14.0 Å². The number of ketones is 1. The van der Waals surface area contributed by atoms with Gasteiger partial charge in [0.2, 0.25) is 0 Å². The van der Waals surface area contributed by atoms with E-state index in [4.69, 9.17) is 4.74 Å². The van der Waals surface area contributed by atoms with Gasteiger partial charge in [-0.05, 0) is 72.9 Å². The maximum Gasteiger partial charge on any atom is 0.282 e. The molecule has 0 saturated carbocycles. The summed E-state index contributed by atoms with van der Waals surface area (Å²) in [5.41, 5.74) is 6.18. The summed E-state index contributed by atoms with van der Waals surface area (Å²) in [4.78, 5) is 28.1. The van der Waals surface area contributed by atoms with Crippen LogP contribution in [0.1, 0.15) is 45.5 Å². The first kappa shape index (κ1) is 25.4. The molecule has 0 atom stereocenters. The third-order valence-electron chi connectivity index (χ3n) is 7.02. The third kappa shape index (κ3) is 5.23. The van der Waals surface area contributed by atoms with Crippen molar-refractivity contribution in [2.24, 2.45) is 5.10 Å². The van der Waals surface area contributed by atoms with Crippen molar-refractivity contribution in [1.82, 2.24) is 4.90 Å². The highest BCUT2D eigenvalue weighted by Crippen LogP contribution is 2.29. The predicted molar refractivity (Wildman–Crippen MR) is 146 cm³/mol. The van der Waals surface area contributed by atoms with Crippen molar-refractivity contribution >= 4 is 23.1 Å². The van der Waals surface area contributed by atoms with Crippen LogP contribution in [0, 0.1) is 19.7 Å². The lowest BCUT2D eigenvalue weighted by Crippen LogP contribution is -2.29. The number of rotatable bonds is 8. The summed E-state index contributed by atoms with van der Waals surface area (Å²) in [5, 5.41) is 5.85. The molecule has 0 unspecified atom stereocenters. The third-order valence-corrected chi connectivity index (χ3v) is 7.02. The first-order chi connectivity index (χ1) is 18.3. The molecule has 2 aliphatic heterocycles. The van der Waals surface area contributed by atoms with Crippen LogP contribution in [0.25, 0.3) is 0 Å². The largest absolute Gasteiger partial charge is 0.496 e. The molecule has 3 aromatic carbocycles. The minimum atomic E-state index is -0.313. The first-order valence-electron chi connectivity index (χ1n) is 12.7. The van der Waals surface area contributed by atoms with Gasteiger partial charge in [-0.1, -0.05) is 30.3 Å². The molecule has 0 N–H and O–H groups in total. The van der Waals surface area contributed by atoms with Gasteiger partial charge < -0.3 is 9.64 Å². The van der Waals surface area contributed by atoms with E-state index in [2.05, 4.69) is 16.1 Å². The topological polar surface area (TPSA) is 62.2 Å². The molecular weight excluding hydrogens is 481 g/mol. The maximum atomic E-state index is 13.7. The van der Waals surface area contributed by atoms with Crippen LogP contribution in [-0.2, 0) is 17.8 Å². The number of Topliss-reactive ketones (excluding diaryl/α,β-unsaturated/α-hetero) is 1. The van der Waals surface area contributed by atoms with E-state index in [1.54, 1.807) is 26.2 Å². The minimum absolute atomic E-state index is 0.0999. The summed E-state index contributed by atoms with van der Waals surface area (Å²) in [5.74, 6) is 0.417. The van der Waals surface area contributed by atoms with Gasteiger partial charge in [-0.25, -0.2) is 4.39 Å². The normalized spacial score (nSPS) is 14.8. The molecular formula is C31H30FN3O3. The molecule has 2 heterocycles. The van der Waals surface area contributed by atoms with E-state index in [1.807, 2.05) is 49.5 Å². The molecule has 6 nitrogen and oxygen atoms in total. The van der Waals surface area contributed by atoms with Crippen LogP contribution in [0.5, 0.6) is 5.75 Å². The average molecular weight is 512 g/mol. The molecule has 5 rings (SSSR count). The molecule has 2 aliphatic rings. The second-order valence-corrected chi connectivity index (χ2v) is 9.79. The molecule has 194 valence electrons. The smallest absolute Gasteiger partial charge is 0.282 e. The van der Waals surface area contributed by atoms with Gasteiger partial charge in [0, 0.05) is 37.7 Å². The Kier molecular flexibility index (Phi) is 7.09. The molecule has 38 heavy (non-hydrogen) atoms. The van der Waals surface area contributed by atoms with Crippen molar-refractivity contribution in [2.75, 3.05) is 18.7 Å². The zero-order chi connectivity index (χ0) is 26.8. The number of ether oxygens (including phenoxy) is 1. The van der Waals surface area contributed by atoms with Crippen LogP contribution in [0.3, 0.4) is 0 Å². The summed E-state index contributed by atoms with van der Waals surface area (Å²) in [6.07, 6.45) is 3.58. The number of fused-ring (bicyclic) bond motifs is 1. The zero-order valence-electron chi connectivity index (χ0n) is 21.8. The van der Waals surface area contributed by atoms with Gasteiger partial charge in [0.15, 0.2) is 5.78 Å². The van der Waals surface area contributed by atoms with Gasteiger partial charge in [0.05, 0.1) is 24.1 Å². The number of hydrogen-bond acceptors (Lipinski definition) is 5. The summed E-state index contributed by atoms with van der Waals surface area (Å²) in [6, 6.07) is 18.2. The van der Waals surface area contributed by atoms with Gasteiger partial charge in [0.1, 0.15) is 11.6 Å². The Morgan fingerprint density at radius 2 is 1.87 bits per heavy atom. The van der Waals surface area contributed by atoms with Crippen molar-refractivity contribution in [3.63, 3.8) is 0 Å². The average Bonchev–Trinajstić information content (AvgIpc) is 3.24. The highest BCUT2D eigenvalue weighted by molar-refractivity contribution is 6.30. The number of carbonyl (C=O) groups excluding carboxylic acids is 2. The number of benzene rings is 3. The van der Waals surface area contributed by atoms with Gasteiger partial charge in [-0.2, -0.15) is 10.1 Å². The molecule has 0 radical (unpaired) electrons. The number of anilines is 1. The van der Waals surface area contributed by atoms with E-state index >= 15 is 0 Å². The van der Waals surface area contributed by atoms with E-state index in [0.717, 1.165) is 28.2 Å². The Morgan fingerprint density at radius 3 is 2.63 bits per heavy atom. The summed E-state index contributed by atoms with van der Waals surface area (Å²) in [7, 11) is 1.65. The number of halogens is 1. The Hall–Kier alpha value is -4.26. The summed E-state index contributed by atoms with van der Waals surface area (Å²) in [6.45, 7) is 4.96. The van der Waals surface area contributed by atoms with Crippen molar-refractivity contribution in [3.8, 4) is 5.75 Å². The lowest BCUT2D eigenvalue weighted by Gasteiger charge is -2.25. The van der Waals surface area contributed by atoms with Gasteiger partial charge in [-0.15, -0.1) is 0 Å². The zero-order valence-corrected chi connectivity index (χ0v) is 21.8. The van der Waals surface area contributed by atoms with Crippen LogP contribution < -0.4 is 9.75 Å². The molecule has 1 amide bonds. The van der Waals surface area contributed by atoms with Crippen LogP contribution in [-0.4, -0.2) is 36.0 Å². The van der Waals surface area contributed by atoms with E-state index in [-0.39, 0.29) is 17.5 Å². The van der Waals surface area contributed by atoms with Crippen LogP contribution >= 0.6 is 0 Å². The maximum absolute atomic E-state index is 13.7. The number of nitrogens with zero attached hydrogens (tertiary/aromatic N) is 3. The molecule has 0 fully saturated rings. The number of hydrazone groups is 1. The van der Waals surface area contributed by atoms with Crippen LogP contribution in [0.4, 0.5) is 10.1 Å². The Bertz CT molecular complexity index is 1480. The number of carbonyl (C=O) groups is 2. The van der Waals surface area contributed by atoms with E-state index < -0.39 is 0 Å². The SMILES string of the molecule is COc1ccc(CCC(=O)c2cccc(CN3C=C4C(=O)N(c5ccc(F)c(C)c5)N=C4CC3)c2)cc1C. The number of aryl methyl sites for hydroxylation is 3. The fraction of sp³-hybridized carbons (Fsp3) is 0.258. The monoisotopic (exact) mass is 511 g/mol. The highest BCUT2D eigenvalue weighted by atomic mass is 19.1. The standard InChI is InChI=1S/C31H30FN3O3/c1-20-16-25(9-10-27(20)32)35-31(37)26-19-34(14-13-28(26)33-35)18-23-5-4-6-24(17-23)29(36)11-7-22-8-12-30(38-3)21(2)15-22/h4-6,8-10,12,15-17,19H,7,11,13-14,18H2,1-3H3. The van der Waals surface area contributed by atoms with Gasteiger partial charge in [0.25, 0.3) is 5.91 Å². The van der Waals surface area contributed by atoms with E-state index in [0.29, 0.717) is 54.7 Å². The van der Waals surface area contributed by atoms with Crippen molar-refractivity contribution in [1.29, 1.82) is 0 Å². The minimum Gasteiger partial charge on any atom is -0.496 e. The Morgan fingerprint density at radius 1 is 1.03 bits per heavy atom. The first-order valence-corrected chi connectivity index (χ1v) is 12.7. The second kappa shape index (κ2) is 10.6. The summed E-state index contributed by atoms with van der Waals surface area (Å²) < 4.78 is 19.0. The van der Waals surface area contributed by atoms with E-state index in [1.165, 1.54) is 11.1 Å². The number of methoxy groups -OCH3 is 1. The molecule has 0 bridgehead atoms. The summed E-state index contributed by atoms with van der Waals surface area (Å²) >= 11 is 0. The number of amides is 1. The predicted octanol–water partition coefficient (Wildman–Crippen LogP) is 5.76.